The molecule has 1 radical (unpaired) electrons. The molecular weight excluding hydrogens is 856 g/mol. The summed E-state index contributed by atoms with van der Waals surface area (Å²) in [5.74, 6) is 0.171. The van der Waals surface area contributed by atoms with Gasteiger partial charge < -0.3 is 0 Å². The standard InChI is InChI=1S/C52H84N12.Cu/c1-49(2,3)37-35-36(38(50(4,5)6)40(52(10,11)12)39(37)51(7,8)9)48-63-46-34-32(24-56)30(22-54)29(21-53)31(23-55)33(34)45(62-46)60-43-27-19-15-13-17-25(27)41(58-43)57-42-26-18-14-16-20-28(26)44(59-42)61-47(35)64-48;/h25-48,57-64H,13-20H2,1-12H3;. The van der Waals surface area contributed by atoms with Crippen LogP contribution < -0.4 is 42.5 Å². The molecule has 0 aromatic rings. The number of hydrogen-bond donors (Lipinski definition) is 8. The van der Waals surface area contributed by atoms with Crippen LogP contribution in [0.2, 0.25) is 0 Å². The minimum absolute atomic E-state index is 0. The van der Waals surface area contributed by atoms with Gasteiger partial charge in [0.15, 0.2) is 0 Å². The average molecular weight is 941 g/mol. The maximum atomic E-state index is 11.1. The molecule has 0 amide bonds. The molecule has 8 bridgehead atoms. The summed E-state index contributed by atoms with van der Waals surface area (Å²) in [4.78, 5) is 0. The molecule has 5 heterocycles. The van der Waals surface area contributed by atoms with E-state index in [-0.39, 0.29) is 112 Å². The topological polar surface area (TPSA) is 191 Å². The van der Waals surface area contributed by atoms with Gasteiger partial charge in [-0.1, -0.05) is 109 Å². The fourth-order valence-electron chi connectivity index (χ4n) is 17.4. The van der Waals surface area contributed by atoms with Crippen molar-refractivity contribution in [3.63, 3.8) is 0 Å². The fraction of sp³-hybridized carbons (Fsp3) is 0.923. The molecule has 65 heavy (non-hydrogen) atoms. The summed E-state index contributed by atoms with van der Waals surface area (Å²) >= 11 is 0. The zero-order chi connectivity index (χ0) is 46.0. The molecule has 0 spiro atoms. The zero-order valence-electron chi connectivity index (χ0n) is 41.6. The van der Waals surface area contributed by atoms with Crippen LogP contribution in [0.4, 0.5) is 0 Å². The molecule has 9 aliphatic rings. The van der Waals surface area contributed by atoms with Crippen molar-refractivity contribution in [2.75, 3.05) is 0 Å². The van der Waals surface area contributed by atoms with E-state index in [4.69, 9.17) is 0 Å². The van der Waals surface area contributed by atoms with Gasteiger partial charge in [-0.05, 0) is 107 Å². The summed E-state index contributed by atoms with van der Waals surface area (Å²) in [5.41, 5.74) is 0.0309. The molecule has 0 aromatic carbocycles. The number of hydrogen-bond acceptors (Lipinski definition) is 12. The van der Waals surface area contributed by atoms with Crippen LogP contribution >= 0.6 is 0 Å². The Morgan fingerprint density at radius 3 is 0.754 bits per heavy atom. The summed E-state index contributed by atoms with van der Waals surface area (Å²) in [6.07, 6.45) is 9.39. The van der Waals surface area contributed by atoms with Crippen LogP contribution in [0.25, 0.3) is 0 Å². The van der Waals surface area contributed by atoms with Gasteiger partial charge in [0.2, 0.25) is 0 Å². The number of rotatable bonds is 0. The van der Waals surface area contributed by atoms with Crippen LogP contribution in [0.15, 0.2) is 0 Å². The quantitative estimate of drug-likeness (QED) is 0.120. The van der Waals surface area contributed by atoms with Crippen molar-refractivity contribution in [1.29, 1.82) is 21.0 Å². The first-order chi connectivity index (χ1) is 30.1. The molecule has 4 aliphatic carbocycles. The van der Waals surface area contributed by atoms with Crippen molar-refractivity contribution in [2.45, 2.75) is 184 Å². The average Bonchev–Trinajstić information content (AvgIpc) is 3.96. The maximum absolute atomic E-state index is 11.1. The van der Waals surface area contributed by atoms with E-state index in [0.29, 0.717) is 47.3 Å². The zero-order valence-corrected chi connectivity index (χ0v) is 42.5. The molecule has 13 heteroatoms. The molecule has 9 fully saturated rings. The Kier molecular flexibility index (Phi) is 13.6. The second-order valence-electron chi connectivity index (χ2n) is 26.9. The van der Waals surface area contributed by atoms with Crippen molar-refractivity contribution < 1.29 is 17.1 Å². The van der Waals surface area contributed by atoms with E-state index in [1.165, 1.54) is 44.9 Å². The van der Waals surface area contributed by atoms with Gasteiger partial charge in [-0.15, -0.1) is 0 Å². The Labute approximate surface area is 403 Å². The molecule has 363 valence electrons. The summed E-state index contributed by atoms with van der Waals surface area (Å²) < 4.78 is 0. The van der Waals surface area contributed by atoms with Crippen LogP contribution in [0.3, 0.4) is 0 Å². The number of fused-ring (bicyclic) bond motifs is 20. The van der Waals surface area contributed by atoms with E-state index in [0.717, 1.165) is 6.42 Å². The third kappa shape index (κ3) is 8.35. The molecule has 0 aromatic heterocycles. The Hall–Kier alpha value is -1.84. The first-order valence-corrected chi connectivity index (χ1v) is 25.8. The van der Waals surface area contributed by atoms with Gasteiger partial charge in [0.05, 0.1) is 97.3 Å². The molecule has 4 saturated carbocycles. The summed E-state index contributed by atoms with van der Waals surface area (Å²) in [6, 6.07) is 10.0. The Balaban J connectivity index is 0.00000576. The van der Waals surface area contributed by atoms with Crippen LogP contribution in [0.5, 0.6) is 0 Å². The van der Waals surface area contributed by atoms with E-state index >= 15 is 0 Å². The molecule has 12 nitrogen and oxygen atoms in total. The summed E-state index contributed by atoms with van der Waals surface area (Å²) in [7, 11) is 0. The monoisotopic (exact) mass is 940 g/mol. The molecule has 9 rings (SSSR count). The van der Waals surface area contributed by atoms with Crippen LogP contribution in [0, 0.1) is 162 Å². The predicted molar refractivity (Wildman–Crippen MR) is 248 cm³/mol. The van der Waals surface area contributed by atoms with Gasteiger partial charge in [0.25, 0.3) is 0 Å². The maximum Gasteiger partial charge on any atom is 0.0796 e. The largest absolute Gasteiger partial charge is 0.286 e. The molecule has 8 N–H and O–H groups in total. The Morgan fingerprint density at radius 2 is 0.523 bits per heavy atom. The van der Waals surface area contributed by atoms with Gasteiger partial charge in [0, 0.05) is 28.9 Å². The van der Waals surface area contributed by atoms with Crippen LogP contribution in [-0.4, -0.2) is 49.3 Å². The summed E-state index contributed by atoms with van der Waals surface area (Å²) in [5, 5.41) is 77.5. The van der Waals surface area contributed by atoms with E-state index in [1.807, 2.05) is 0 Å². The summed E-state index contributed by atoms with van der Waals surface area (Å²) in [6.45, 7) is 29.9. The molecule has 5 aliphatic heterocycles. The van der Waals surface area contributed by atoms with Gasteiger partial charge in [-0.2, -0.15) is 21.0 Å². The smallest absolute Gasteiger partial charge is 0.0796 e. The normalized spacial score (nSPS) is 49.6. The third-order valence-electron chi connectivity index (χ3n) is 19.3. The second kappa shape index (κ2) is 17.8. The number of nitriles is 4. The van der Waals surface area contributed by atoms with Crippen molar-refractivity contribution in [3.05, 3.63) is 0 Å². The first kappa shape index (κ1) is 49.6. The third-order valence-corrected chi connectivity index (χ3v) is 19.3. The van der Waals surface area contributed by atoms with Crippen molar-refractivity contribution in [2.24, 2.45) is 116 Å². The van der Waals surface area contributed by atoms with Crippen molar-refractivity contribution >= 4 is 0 Å². The molecule has 5 saturated heterocycles. The van der Waals surface area contributed by atoms with Gasteiger partial charge in [-0.25, -0.2) is 0 Å². The molecule has 24 atom stereocenters. The van der Waals surface area contributed by atoms with Gasteiger partial charge in [0.1, 0.15) is 0 Å². The SMILES string of the molecule is CC(C)(C)C1C2C3NC4NC(NC5NC(NC6NC(NC(N3)C2C(C(C)(C)C)C(C(C)(C)C)C1C(C)(C)C)C1C(C#N)C(C#N)C(C#N)C(C#N)C61)C1CCCCC51)C1CCCCC41.[Cu]. The fourth-order valence-corrected chi connectivity index (χ4v) is 17.4. The minimum atomic E-state index is -0.857. The predicted octanol–water partition coefficient (Wildman–Crippen LogP) is 6.69. The number of nitrogens with zero attached hydrogens (tertiary/aromatic N) is 4. The van der Waals surface area contributed by atoms with Crippen molar-refractivity contribution in [3.8, 4) is 24.3 Å². The van der Waals surface area contributed by atoms with Crippen LogP contribution in [0.1, 0.15) is 134 Å². The molecule has 24 unspecified atom stereocenters. The second-order valence-corrected chi connectivity index (χ2v) is 26.9. The van der Waals surface area contributed by atoms with Crippen molar-refractivity contribution in [1.82, 2.24) is 42.5 Å². The number of nitrogens with one attached hydrogen (secondary N) is 8. The Morgan fingerprint density at radius 1 is 0.308 bits per heavy atom. The van der Waals surface area contributed by atoms with E-state index in [2.05, 4.69) is 150 Å². The van der Waals surface area contributed by atoms with Gasteiger partial charge >= 0.3 is 0 Å². The van der Waals surface area contributed by atoms with Gasteiger partial charge in [-0.3, -0.25) is 42.5 Å². The van der Waals surface area contributed by atoms with E-state index < -0.39 is 23.7 Å². The Bertz CT molecular complexity index is 1900. The molecular formula is C52H84CuN12. The van der Waals surface area contributed by atoms with E-state index in [9.17, 15) is 21.0 Å². The van der Waals surface area contributed by atoms with E-state index in [1.54, 1.807) is 0 Å². The first-order valence-electron chi connectivity index (χ1n) is 25.8. The van der Waals surface area contributed by atoms with Crippen LogP contribution in [-0.2, 0) is 17.1 Å². The minimum Gasteiger partial charge on any atom is -0.286 e.